The maximum Gasteiger partial charge on any atom is 0.240 e. The number of hydrogen-bond donors (Lipinski definition) is 3. The van der Waals surface area contributed by atoms with Crippen LogP contribution in [0.25, 0.3) is 0 Å². The van der Waals surface area contributed by atoms with Gasteiger partial charge in [-0.1, -0.05) is 12.1 Å². The summed E-state index contributed by atoms with van der Waals surface area (Å²) in [5.74, 6) is -1.17. The lowest BCUT2D eigenvalue weighted by Crippen LogP contribution is -2.28. The first-order chi connectivity index (χ1) is 12.8. The lowest BCUT2D eigenvalue weighted by molar-refractivity contribution is -0.117. The lowest BCUT2D eigenvalue weighted by atomic mass is 10.0. The quantitative estimate of drug-likeness (QED) is 0.701. The van der Waals surface area contributed by atoms with E-state index in [-0.39, 0.29) is 29.5 Å². The molecule has 1 aliphatic rings. The normalized spacial score (nSPS) is 13.6. The summed E-state index contributed by atoms with van der Waals surface area (Å²) in [6.07, 6.45) is 0.629. The van der Waals surface area contributed by atoms with Crippen molar-refractivity contribution in [2.24, 2.45) is 0 Å². The van der Waals surface area contributed by atoms with Crippen LogP contribution in [0, 0.1) is 5.82 Å². The van der Waals surface area contributed by atoms with E-state index >= 15 is 0 Å². The van der Waals surface area contributed by atoms with E-state index in [1.165, 1.54) is 30.3 Å². The number of halogens is 1. The van der Waals surface area contributed by atoms with Gasteiger partial charge in [0, 0.05) is 25.1 Å². The Balaban J connectivity index is 1.58. The number of carbonyl (C=O) groups excluding carboxylic acids is 2. The molecule has 0 saturated heterocycles. The van der Waals surface area contributed by atoms with Gasteiger partial charge in [0.05, 0.1) is 10.6 Å². The fraction of sp³-hybridized carbons (Fsp3) is 0.222. The molecule has 1 heterocycles. The van der Waals surface area contributed by atoms with Crippen LogP contribution in [0.5, 0.6) is 0 Å². The predicted octanol–water partition coefficient (Wildman–Crippen LogP) is 2.02. The highest BCUT2D eigenvalue weighted by molar-refractivity contribution is 7.89. The first-order valence-electron chi connectivity index (χ1n) is 8.32. The van der Waals surface area contributed by atoms with Gasteiger partial charge in [0.25, 0.3) is 0 Å². The minimum Gasteiger partial charge on any atom is -0.326 e. The highest BCUT2D eigenvalue weighted by atomic mass is 32.2. The molecule has 2 aromatic carbocycles. The molecule has 0 spiro atoms. The summed E-state index contributed by atoms with van der Waals surface area (Å²) in [7, 11) is -3.80. The van der Waals surface area contributed by atoms with Gasteiger partial charge in [-0.15, -0.1) is 0 Å². The molecule has 0 radical (unpaired) electrons. The molecule has 0 fully saturated rings. The molecular formula is C18H18FN3O4S. The number of para-hydroxylation sites is 1. The van der Waals surface area contributed by atoms with Crippen LogP contribution in [0.4, 0.5) is 15.8 Å². The van der Waals surface area contributed by atoms with Crippen molar-refractivity contribution in [1.29, 1.82) is 0 Å². The molecule has 7 nitrogen and oxygen atoms in total. The van der Waals surface area contributed by atoms with Crippen LogP contribution in [-0.4, -0.2) is 26.8 Å². The van der Waals surface area contributed by atoms with Gasteiger partial charge in [-0.2, -0.15) is 0 Å². The van der Waals surface area contributed by atoms with Gasteiger partial charge in [-0.3, -0.25) is 9.59 Å². The van der Waals surface area contributed by atoms with E-state index in [4.69, 9.17) is 0 Å². The lowest BCUT2D eigenvalue weighted by Gasteiger charge is -2.17. The number of carbonyl (C=O) groups is 2. The molecule has 142 valence electrons. The van der Waals surface area contributed by atoms with Crippen molar-refractivity contribution in [3.8, 4) is 0 Å². The molecule has 2 amide bonds. The molecule has 1 aliphatic heterocycles. The second kappa shape index (κ2) is 7.85. The summed E-state index contributed by atoms with van der Waals surface area (Å²) >= 11 is 0. The zero-order valence-electron chi connectivity index (χ0n) is 14.3. The highest BCUT2D eigenvalue weighted by Crippen LogP contribution is 2.25. The largest absolute Gasteiger partial charge is 0.326 e. The monoisotopic (exact) mass is 391 g/mol. The smallest absolute Gasteiger partial charge is 0.240 e. The Hall–Kier alpha value is -2.78. The topological polar surface area (TPSA) is 104 Å². The molecule has 0 bridgehead atoms. The van der Waals surface area contributed by atoms with Gasteiger partial charge < -0.3 is 10.6 Å². The maximum atomic E-state index is 13.5. The maximum absolute atomic E-state index is 13.5. The fourth-order valence-electron chi connectivity index (χ4n) is 2.68. The van der Waals surface area contributed by atoms with Crippen molar-refractivity contribution in [2.75, 3.05) is 17.2 Å². The number of anilines is 2. The number of nitrogens with one attached hydrogen (secondary N) is 3. The van der Waals surface area contributed by atoms with Crippen molar-refractivity contribution >= 4 is 33.2 Å². The molecule has 3 rings (SSSR count). The van der Waals surface area contributed by atoms with Gasteiger partial charge >= 0.3 is 0 Å². The van der Waals surface area contributed by atoms with Crippen molar-refractivity contribution < 1.29 is 22.4 Å². The summed E-state index contributed by atoms with van der Waals surface area (Å²) in [4.78, 5) is 23.3. The van der Waals surface area contributed by atoms with Gasteiger partial charge in [0.2, 0.25) is 21.8 Å². The molecule has 9 heteroatoms. The Morgan fingerprint density at radius 3 is 2.70 bits per heavy atom. The van der Waals surface area contributed by atoms with Gasteiger partial charge in [0.1, 0.15) is 5.82 Å². The number of benzene rings is 2. The third-order valence-electron chi connectivity index (χ3n) is 4.07. The summed E-state index contributed by atoms with van der Waals surface area (Å²) in [6.45, 7) is -0.129. The predicted molar refractivity (Wildman–Crippen MR) is 98.2 cm³/mol. The van der Waals surface area contributed by atoms with Gasteiger partial charge in [0.15, 0.2) is 0 Å². The first kappa shape index (κ1) is 19.0. The zero-order chi connectivity index (χ0) is 19.4. The second-order valence-corrected chi connectivity index (χ2v) is 7.81. The van der Waals surface area contributed by atoms with Crippen LogP contribution in [0.1, 0.15) is 18.4 Å². The molecule has 27 heavy (non-hydrogen) atoms. The number of aryl methyl sites for hydroxylation is 1. The average Bonchev–Trinajstić information content (AvgIpc) is 2.63. The van der Waals surface area contributed by atoms with E-state index in [1.54, 1.807) is 12.1 Å². The van der Waals surface area contributed by atoms with Crippen LogP contribution in [0.3, 0.4) is 0 Å². The third kappa shape index (κ3) is 4.69. The van der Waals surface area contributed by atoms with Crippen molar-refractivity contribution in [3.05, 3.63) is 53.8 Å². The standard InChI is InChI=1S/C18H18FN3O4S/c19-14-3-1-2-4-16(14)22-18(24)9-10-20-27(25,26)13-6-7-15-12(11-13)5-8-17(23)21-15/h1-4,6-7,11,20H,5,8-10H2,(H,21,23)(H,22,24). The van der Waals surface area contributed by atoms with Crippen LogP contribution < -0.4 is 15.4 Å². The highest BCUT2D eigenvalue weighted by Gasteiger charge is 2.20. The van der Waals surface area contributed by atoms with Crippen LogP contribution >= 0.6 is 0 Å². The van der Waals surface area contributed by atoms with Crippen LogP contribution in [-0.2, 0) is 26.0 Å². The van der Waals surface area contributed by atoms with E-state index in [1.807, 2.05) is 0 Å². The molecule has 0 atom stereocenters. The number of sulfonamides is 1. The number of amides is 2. The Morgan fingerprint density at radius 1 is 1.15 bits per heavy atom. The van der Waals surface area contributed by atoms with Crippen LogP contribution in [0.2, 0.25) is 0 Å². The molecule has 0 unspecified atom stereocenters. The minimum absolute atomic E-state index is 0.0436. The Morgan fingerprint density at radius 2 is 1.93 bits per heavy atom. The molecule has 0 aliphatic carbocycles. The van der Waals surface area contributed by atoms with E-state index in [2.05, 4.69) is 15.4 Å². The molecule has 0 saturated carbocycles. The number of rotatable bonds is 6. The van der Waals surface area contributed by atoms with Crippen molar-refractivity contribution in [3.63, 3.8) is 0 Å². The molecule has 3 N–H and O–H groups in total. The Bertz CT molecular complexity index is 992. The van der Waals surface area contributed by atoms with E-state index < -0.39 is 21.7 Å². The minimum atomic E-state index is -3.80. The van der Waals surface area contributed by atoms with E-state index in [0.717, 1.165) is 5.56 Å². The molecule has 2 aromatic rings. The third-order valence-corrected chi connectivity index (χ3v) is 5.53. The first-order valence-corrected chi connectivity index (χ1v) is 9.80. The fourth-order valence-corrected chi connectivity index (χ4v) is 3.77. The van der Waals surface area contributed by atoms with E-state index in [0.29, 0.717) is 18.5 Å². The summed E-state index contributed by atoms with van der Waals surface area (Å²) in [5.41, 5.74) is 1.39. The SMILES string of the molecule is O=C(CCNS(=O)(=O)c1ccc2c(c1)CCC(=O)N2)Nc1ccccc1F. The van der Waals surface area contributed by atoms with Gasteiger partial charge in [-0.05, 0) is 42.3 Å². The van der Waals surface area contributed by atoms with E-state index in [9.17, 15) is 22.4 Å². The molecular weight excluding hydrogens is 373 g/mol. The Kier molecular flexibility index (Phi) is 5.52. The number of hydrogen-bond acceptors (Lipinski definition) is 4. The second-order valence-electron chi connectivity index (χ2n) is 6.04. The van der Waals surface area contributed by atoms with Crippen molar-refractivity contribution in [2.45, 2.75) is 24.2 Å². The Labute approximate surface area is 156 Å². The zero-order valence-corrected chi connectivity index (χ0v) is 15.1. The van der Waals surface area contributed by atoms with Crippen molar-refractivity contribution in [1.82, 2.24) is 4.72 Å². The molecule has 0 aromatic heterocycles. The van der Waals surface area contributed by atoms with Gasteiger partial charge in [-0.25, -0.2) is 17.5 Å². The summed E-state index contributed by atoms with van der Waals surface area (Å²) in [6, 6.07) is 10.2. The summed E-state index contributed by atoms with van der Waals surface area (Å²) < 4.78 is 40.6. The van der Waals surface area contributed by atoms with Crippen LogP contribution in [0.15, 0.2) is 47.4 Å². The summed E-state index contributed by atoms with van der Waals surface area (Å²) in [5, 5.41) is 5.08. The number of fused-ring (bicyclic) bond motifs is 1. The average molecular weight is 391 g/mol.